The molecule has 3 aliphatic rings. The lowest BCUT2D eigenvalue weighted by atomic mass is 9.77. The number of rotatable bonds is 7. The van der Waals surface area contributed by atoms with E-state index in [1.165, 1.54) is 0 Å². The largest absolute Gasteiger partial charge is 0.488 e. The highest BCUT2D eigenvalue weighted by Gasteiger charge is 2.43. The summed E-state index contributed by atoms with van der Waals surface area (Å²) in [5.74, 6) is -1.62. The Bertz CT molecular complexity index is 1170. The van der Waals surface area contributed by atoms with Crippen LogP contribution in [-0.4, -0.2) is 57.3 Å². The monoisotopic (exact) mass is 525 g/mol. The molecular weight excluding hydrogens is 494 g/mol. The van der Waals surface area contributed by atoms with E-state index in [0.29, 0.717) is 62.7 Å². The van der Waals surface area contributed by atoms with Gasteiger partial charge in [-0.15, -0.1) is 0 Å². The summed E-state index contributed by atoms with van der Waals surface area (Å²) in [6.07, 6.45) is 8.00. The molecule has 1 saturated heterocycles. The molecule has 1 saturated carbocycles. The molecule has 9 heteroatoms. The first-order valence-electron chi connectivity index (χ1n) is 13.1. The van der Waals surface area contributed by atoms with E-state index in [1.54, 1.807) is 22.2 Å². The van der Waals surface area contributed by atoms with Crippen LogP contribution in [0, 0.1) is 11.8 Å². The minimum absolute atomic E-state index is 0.0699. The van der Waals surface area contributed by atoms with E-state index >= 15 is 0 Å². The van der Waals surface area contributed by atoms with Crippen molar-refractivity contribution >= 4 is 29.4 Å². The molecule has 0 spiro atoms. The molecule has 2 amide bonds. The zero-order valence-corrected chi connectivity index (χ0v) is 21.5. The van der Waals surface area contributed by atoms with Crippen molar-refractivity contribution in [3.63, 3.8) is 0 Å². The maximum atomic E-state index is 14.0. The highest BCUT2D eigenvalue weighted by Crippen LogP contribution is 2.43. The maximum absolute atomic E-state index is 14.0. The third-order valence-electron chi connectivity index (χ3n) is 7.94. The van der Waals surface area contributed by atoms with Crippen LogP contribution < -0.4 is 4.74 Å². The van der Waals surface area contributed by atoms with Gasteiger partial charge in [-0.05, 0) is 49.4 Å². The summed E-state index contributed by atoms with van der Waals surface area (Å²) in [6, 6.07) is 6.96. The molecule has 2 fully saturated rings. The highest BCUT2D eigenvalue weighted by molar-refractivity contribution is 6.31. The normalized spacial score (nSPS) is 23.6. The van der Waals surface area contributed by atoms with Gasteiger partial charge in [0.1, 0.15) is 12.4 Å². The van der Waals surface area contributed by atoms with Gasteiger partial charge in [0, 0.05) is 54.6 Å². The first-order chi connectivity index (χ1) is 17.9. The average molecular weight is 526 g/mol. The quantitative estimate of drug-likeness (QED) is 0.580. The highest BCUT2D eigenvalue weighted by atomic mass is 35.5. The Morgan fingerprint density at radius 2 is 1.89 bits per heavy atom. The van der Waals surface area contributed by atoms with Crippen LogP contribution in [0.4, 0.5) is 0 Å². The van der Waals surface area contributed by atoms with E-state index in [0.717, 1.165) is 36.0 Å². The molecule has 1 aromatic heterocycles. The second kappa shape index (κ2) is 11.1. The van der Waals surface area contributed by atoms with Gasteiger partial charge in [-0.25, -0.2) is 0 Å². The average Bonchev–Trinajstić information content (AvgIpc) is 3.32. The number of aliphatic carboxylic acids is 1. The molecule has 0 radical (unpaired) electrons. The molecule has 0 unspecified atom stereocenters. The SMILES string of the molecule is O=C(O)[C@H]1CCCC[C@H]1C(=O)N1CCc2c(Cl)ccc(OCc3cccnc3)c2[C@H]1CN1CCCC1=O. The summed E-state index contributed by atoms with van der Waals surface area (Å²) in [7, 11) is 0. The van der Waals surface area contributed by atoms with Crippen LogP contribution in [0.2, 0.25) is 5.02 Å². The third kappa shape index (κ3) is 5.30. The van der Waals surface area contributed by atoms with E-state index in [1.807, 2.05) is 24.3 Å². The number of carboxylic acids is 1. The standard InChI is InChI=1S/C28H32ClN3O5/c29-22-9-10-24(37-17-18-5-3-12-30-15-18)26-21(22)11-14-32(23(26)16-31-13-4-8-25(31)33)27(34)19-6-1-2-7-20(19)28(35)36/h3,5,9-10,12,15,19-20,23H,1-2,4,6-8,11,13-14,16-17H2,(H,35,36)/t19-,20+,23-/m1/s1. The summed E-state index contributed by atoms with van der Waals surface area (Å²) < 4.78 is 6.27. The molecule has 0 bridgehead atoms. The van der Waals surface area contributed by atoms with Crippen molar-refractivity contribution in [2.75, 3.05) is 19.6 Å². The summed E-state index contributed by atoms with van der Waals surface area (Å²) >= 11 is 6.66. The predicted molar refractivity (Wildman–Crippen MR) is 137 cm³/mol. The molecule has 1 aliphatic carbocycles. The number of benzene rings is 1. The van der Waals surface area contributed by atoms with E-state index in [9.17, 15) is 19.5 Å². The Hall–Kier alpha value is -3.13. The second-order valence-corrected chi connectivity index (χ2v) is 10.6. The number of aromatic nitrogens is 1. The van der Waals surface area contributed by atoms with Crippen molar-refractivity contribution < 1.29 is 24.2 Å². The van der Waals surface area contributed by atoms with Gasteiger partial charge in [-0.1, -0.05) is 30.5 Å². The van der Waals surface area contributed by atoms with Gasteiger partial charge in [0.25, 0.3) is 0 Å². The number of halogens is 1. The fourth-order valence-corrected chi connectivity index (χ4v) is 6.30. The number of carbonyl (C=O) groups is 3. The number of fused-ring (bicyclic) bond motifs is 1. The number of carbonyl (C=O) groups excluding carboxylic acids is 2. The molecule has 2 aromatic rings. The molecule has 37 heavy (non-hydrogen) atoms. The van der Waals surface area contributed by atoms with E-state index in [-0.39, 0.29) is 11.8 Å². The maximum Gasteiger partial charge on any atom is 0.307 e. The molecule has 3 atom stereocenters. The van der Waals surface area contributed by atoms with Crippen molar-refractivity contribution in [3.05, 3.63) is 58.4 Å². The van der Waals surface area contributed by atoms with Crippen LogP contribution >= 0.6 is 11.6 Å². The molecule has 2 aliphatic heterocycles. The zero-order valence-electron chi connectivity index (χ0n) is 20.8. The van der Waals surface area contributed by atoms with Gasteiger partial charge in [-0.3, -0.25) is 19.4 Å². The topological polar surface area (TPSA) is 100 Å². The van der Waals surface area contributed by atoms with Crippen LogP contribution in [-0.2, 0) is 27.4 Å². The van der Waals surface area contributed by atoms with Gasteiger partial charge in [0.2, 0.25) is 11.8 Å². The number of hydrogen-bond acceptors (Lipinski definition) is 5. The van der Waals surface area contributed by atoms with Crippen LogP contribution in [0.3, 0.4) is 0 Å². The lowest BCUT2D eigenvalue weighted by Crippen LogP contribution is -2.50. The molecular formula is C28H32ClN3O5. The van der Waals surface area contributed by atoms with Gasteiger partial charge < -0.3 is 19.6 Å². The molecule has 1 N–H and O–H groups in total. The summed E-state index contributed by atoms with van der Waals surface area (Å²) in [6.45, 7) is 1.70. The number of nitrogens with zero attached hydrogens (tertiary/aromatic N) is 3. The van der Waals surface area contributed by atoms with Crippen molar-refractivity contribution in [1.82, 2.24) is 14.8 Å². The van der Waals surface area contributed by atoms with Crippen LogP contribution in [0.15, 0.2) is 36.7 Å². The Labute approximate surface area is 221 Å². The lowest BCUT2D eigenvalue weighted by molar-refractivity contribution is -0.154. The number of ether oxygens (including phenoxy) is 1. The Kier molecular flexibility index (Phi) is 7.65. The fourth-order valence-electron chi connectivity index (χ4n) is 6.04. The van der Waals surface area contributed by atoms with Gasteiger partial charge >= 0.3 is 5.97 Å². The fraction of sp³-hybridized carbons (Fsp3) is 0.500. The van der Waals surface area contributed by atoms with Gasteiger partial charge in [0.05, 0.1) is 17.9 Å². The van der Waals surface area contributed by atoms with E-state index < -0.39 is 23.8 Å². The van der Waals surface area contributed by atoms with Crippen LogP contribution in [0.25, 0.3) is 0 Å². The first kappa shape index (κ1) is 25.5. The number of pyridine rings is 1. The third-order valence-corrected chi connectivity index (χ3v) is 8.29. The first-order valence-corrected chi connectivity index (χ1v) is 13.5. The number of likely N-dealkylation sites (tertiary alicyclic amines) is 1. The minimum atomic E-state index is -0.912. The zero-order chi connectivity index (χ0) is 25.9. The van der Waals surface area contributed by atoms with Crippen LogP contribution in [0.5, 0.6) is 5.75 Å². The van der Waals surface area contributed by atoms with Gasteiger partial charge in [0.15, 0.2) is 0 Å². The Balaban J connectivity index is 1.51. The molecule has 196 valence electrons. The predicted octanol–water partition coefficient (Wildman–Crippen LogP) is 4.25. The summed E-state index contributed by atoms with van der Waals surface area (Å²) in [4.78, 5) is 46.4. The van der Waals surface area contributed by atoms with Crippen LogP contribution in [0.1, 0.15) is 61.3 Å². The summed E-state index contributed by atoms with van der Waals surface area (Å²) in [5, 5.41) is 10.4. The van der Waals surface area contributed by atoms with Crippen molar-refractivity contribution in [1.29, 1.82) is 0 Å². The number of amides is 2. The molecule has 5 rings (SSSR count). The smallest absolute Gasteiger partial charge is 0.307 e. The number of hydrogen-bond donors (Lipinski definition) is 1. The van der Waals surface area contributed by atoms with E-state index in [2.05, 4.69) is 4.98 Å². The minimum Gasteiger partial charge on any atom is -0.488 e. The van der Waals surface area contributed by atoms with Crippen molar-refractivity contribution in [3.8, 4) is 5.75 Å². The second-order valence-electron chi connectivity index (χ2n) is 10.2. The Morgan fingerprint density at radius 1 is 1.08 bits per heavy atom. The Morgan fingerprint density at radius 3 is 2.59 bits per heavy atom. The number of carboxylic acid groups (broad SMARTS) is 1. The van der Waals surface area contributed by atoms with Crippen molar-refractivity contribution in [2.24, 2.45) is 11.8 Å². The van der Waals surface area contributed by atoms with Crippen molar-refractivity contribution in [2.45, 2.75) is 57.6 Å². The summed E-state index contributed by atoms with van der Waals surface area (Å²) in [5.41, 5.74) is 2.65. The van der Waals surface area contributed by atoms with E-state index in [4.69, 9.17) is 16.3 Å². The van der Waals surface area contributed by atoms with Gasteiger partial charge in [-0.2, -0.15) is 0 Å². The molecule has 8 nitrogen and oxygen atoms in total. The molecule has 1 aromatic carbocycles. The molecule has 3 heterocycles. The lowest BCUT2D eigenvalue weighted by Gasteiger charge is -2.43.